The van der Waals surface area contributed by atoms with Gasteiger partial charge in [-0.3, -0.25) is 24.6 Å². The maximum atomic E-state index is 11.7. The Kier molecular flexibility index (Phi) is 10.0. The first kappa shape index (κ1) is 19.2. The van der Waals surface area contributed by atoms with Crippen molar-refractivity contribution in [3.05, 3.63) is 0 Å². The molecule has 0 aromatic rings. The van der Waals surface area contributed by atoms with Crippen LogP contribution >= 0.6 is 0 Å². The summed E-state index contributed by atoms with van der Waals surface area (Å²) < 4.78 is 0. The van der Waals surface area contributed by atoms with Crippen LogP contribution in [0.25, 0.3) is 0 Å². The summed E-state index contributed by atoms with van der Waals surface area (Å²) in [5.74, 6) is -1.32. The third-order valence-corrected chi connectivity index (χ3v) is 2.65. The summed E-state index contributed by atoms with van der Waals surface area (Å²) in [7, 11) is 0. The maximum Gasteiger partial charge on any atom is 0.303 e. The molecule has 0 bridgehead atoms. The van der Waals surface area contributed by atoms with Gasteiger partial charge in [-0.15, -0.1) is 0 Å². The van der Waals surface area contributed by atoms with E-state index >= 15 is 0 Å². The Morgan fingerprint density at radius 3 is 1.76 bits per heavy atom. The predicted molar refractivity (Wildman–Crippen MR) is 76.4 cm³/mol. The highest BCUT2D eigenvalue weighted by Gasteiger charge is 2.12. The van der Waals surface area contributed by atoms with Crippen molar-refractivity contribution in [2.75, 3.05) is 13.1 Å². The predicted octanol–water partition coefficient (Wildman–Crippen LogP) is 0.923. The average Bonchev–Trinajstić information content (AvgIpc) is 2.31. The van der Waals surface area contributed by atoms with Crippen LogP contribution in [-0.4, -0.2) is 46.6 Å². The molecule has 21 heavy (non-hydrogen) atoms. The smallest absolute Gasteiger partial charge is 0.303 e. The summed E-state index contributed by atoms with van der Waals surface area (Å²) in [6, 6.07) is 0. The molecule has 0 spiro atoms. The van der Waals surface area contributed by atoms with Crippen molar-refractivity contribution in [3.8, 4) is 0 Å². The molecule has 0 aromatic carbocycles. The van der Waals surface area contributed by atoms with Crippen LogP contribution in [0.4, 0.5) is 0 Å². The summed E-state index contributed by atoms with van der Waals surface area (Å²) in [4.78, 5) is 44.1. The first-order chi connectivity index (χ1) is 9.81. The van der Waals surface area contributed by atoms with Gasteiger partial charge in [0.15, 0.2) is 0 Å². The monoisotopic (exact) mass is 300 g/mol. The number of rotatable bonds is 12. The number of hydrazine groups is 1. The Hall–Kier alpha value is -1.76. The number of nitrogens with one attached hydrogen (secondary N) is 1. The Labute approximate surface area is 124 Å². The van der Waals surface area contributed by atoms with Gasteiger partial charge in [0.1, 0.15) is 11.6 Å². The second-order valence-corrected chi connectivity index (χ2v) is 5.10. The third kappa shape index (κ3) is 13.0. The van der Waals surface area contributed by atoms with Gasteiger partial charge in [-0.2, -0.15) is 0 Å². The van der Waals surface area contributed by atoms with E-state index in [-0.39, 0.29) is 37.0 Å². The number of unbranched alkanes of at least 4 members (excludes halogenated alkanes) is 3. The topological polar surface area (TPSA) is 104 Å². The number of hydrogen-bond acceptors (Lipinski definition) is 5. The van der Waals surface area contributed by atoms with Crippen LogP contribution in [-0.2, 0) is 19.2 Å². The van der Waals surface area contributed by atoms with E-state index in [0.29, 0.717) is 19.3 Å². The van der Waals surface area contributed by atoms with Crippen LogP contribution in [0.5, 0.6) is 0 Å². The van der Waals surface area contributed by atoms with Gasteiger partial charge >= 0.3 is 5.97 Å². The zero-order valence-electron chi connectivity index (χ0n) is 12.7. The van der Waals surface area contributed by atoms with Crippen LogP contribution in [0.15, 0.2) is 0 Å². The molecule has 0 rings (SSSR count). The van der Waals surface area contributed by atoms with Gasteiger partial charge in [0, 0.05) is 12.8 Å². The van der Waals surface area contributed by atoms with Crippen molar-refractivity contribution in [1.82, 2.24) is 10.4 Å². The van der Waals surface area contributed by atoms with E-state index in [9.17, 15) is 19.2 Å². The third-order valence-electron chi connectivity index (χ3n) is 2.65. The van der Waals surface area contributed by atoms with E-state index in [1.54, 1.807) is 0 Å². The second kappa shape index (κ2) is 11.0. The van der Waals surface area contributed by atoms with Gasteiger partial charge in [0.25, 0.3) is 0 Å². The molecule has 7 heteroatoms. The molecule has 0 aliphatic rings. The summed E-state index contributed by atoms with van der Waals surface area (Å²) in [6.45, 7) is 2.79. The summed E-state index contributed by atoms with van der Waals surface area (Å²) in [5.41, 5.74) is 2.55. The Morgan fingerprint density at radius 2 is 1.33 bits per heavy atom. The first-order valence-corrected chi connectivity index (χ1v) is 7.06. The lowest BCUT2D eigenvalue weighted by atomic mass is 10.1. The highest BCUT2D eigenvalue weighted by molar-refractivity contribution is 5.82. The molecule has 0 radical (unpaired) electrons. The van der Waals surface area contributed by atoms with E-state index < -0.39 is 5.97 Å². The van der Waals surface area contributed by atoms with Gasteiger partial charge < -0.3 is 5.11 Å². The summed E-state index contributed by atoms with van der Waals surface area (Å²) in [6.07, 6.45) is 3.25. The van der Waals surface area contributed by atoms with Crippen LogP contribution in [0.3, 0.4) is 0 Å². The molecule has 0 aromatic heterocycles. The number of carbonyl (C=O) groups is 4. The van der Waals surface area contributed by atoms with Crippen molar-refractivity contribution in [2.24, 2.45) is 0 Å². The average molecular weight is 300 g/mol. The van der Waals surface area contributed by atoms with Gasteiger partial charge in [-0.05, 0) is 26.7 Å². The second-order valence-electron chi connectivity index (χ2n) is 5.10. The SMILES string of the molecule is CC(=O)CN(CC(C)=O)NC(=O)CCCCCCC(=O)O. The fourth-order valence-electron chi connectivity index (χ4n) is 1.82. The molecule has 0 aliphatic heterocycles. The zero-order chi connectivity index (χ0) is 16.3. The molecule has 0 atom stereocenters. The lowest BCUT2D eigenvalue weighted by Gasteiger charge is -2.20. The Morgan fingerprint density at radius 1 is 0.857 bits per heavy atom. The highest BCUT2D eigenvalue weighted by atomic mass is 16.4. The summed E-state index contributed by atoms with van der Waals surface area (Å²) in [5, 5.41) is 9.79. The highest BCUT2D eigenvalue weighted by Crippen LogP contribution is 2.05. The lowest BCUT2D eigenvalue weighted by Crippen LogP contribution is -2.46. The number of Topliss-reactive ketones (excluding diaryl/α,β-unsaturated/α-hetero) is 2. The fraction of sp³-hybridized carbons (Fsp3) is 0.714. The fourth-order valence-corrected chi connectivity index (χ4v) is 1.82. The molecule has 2 N–H and O–H groups in total. The van der Waals surface area contributed by atoms with E-state index in [1.165, 1.54) is 18.9 Å². The van der Waals surface area contributed by atoms with Crippen LogP contribution < -0.4 is 5.43 Å². The number of ketones is 2. The number of carboxylic acids is 1. The van der Waals surface area contributed by atoms with Gasteiger partial charge in [-0.1, -0.05) is 12.8 Å². The molecule has 0 saturated carbocycles. The number of carbonyl (C=O) groups excluding carboxylic acids is 3. The maximum absolute atomic E-state index is 11.7. The Bertz CT molecular complexity index is 366. The van der Waals surface area contributed by atoms with Gasteiger partial charge in [-0.25, -0.2) is 5.01 Å². The molecule has 0 heterocycles. The molecule has 0 unspecified atom stereocenters. The molecule has 0 saturated heterocycles. The largest absolute Gasteiger partial charge is 0.481 e. The number of amides is 1. The van der Waals surface area contributed by atoms with Crippen LogP contribution in [0, 0.1) is 0 Å². The van der Waals surface area contributed by atoms with E-state index in [4.69, 9.17) is 5.11 Å². The van der Waals surface area contributed by atoms with Crippen molar-refractivity contribution in [1.29, 1.82) is 0 Å². The first-order valence-electron chi connectivity index (χ1n) is 7.06. The molecule has 1 amide bonds. The number of carboxylic acid groups (broad SMARTS) is 1. The van der Waals surface area contributed by atoms with Crippen molar-refractivity contribution < 1.29 is 24.3 Å². The number of hydrogen-bond donors (Lipinski definition) is 2. The normalized spacial score (nSPS) is 10.4. The minimum atomic E-state index is -0.808. The zero-order valence-corrected chi connectivity index (χ0v) is 12.7. The van der Waals surface area contributed by atoms with Gasteiger partial charge in [0.2, 0.25) is 5.91 Å². The van der Waals surface area contributed by atoms with E-state index in [1.807, 2.05) is 0 Å². The van der Waals surface area contributed by atoms with Crippen LogP contribution in [0.2, 0.25) is 0 Å². The van der Waals surface area contributed by atoms with E-state index in [2.05, 4.69) is 5.43 Å². The quantitative estimate of drug-likeness (QED) is 0.410. The molecule has 120 valence electrons. The number of nitrogens with zero attached hydrogens (tertiary/aromatic N) is 1. The Balaban J connectivity index is 3.89. The summed E-state index contributed by atoms with van der Waals surface area (Å²) >= 11 is 0. The molecular formula is C14H24N2O5. The van der Waals surface area contributed by atoms with Crippen molar-refractivity contribution >= 4 is 23.4 Å². The minimum Gasteiger partial charge on any atom is -0.481 e. The van der Waals surface area contributed by atoms with Crippen molar-refractivity contribution in [3.63, 3.8) is 0 Å². The molecule has 0 aliphatic carbocycles. The lowest BCUT2D eigenvalue weighted by molar-refractivity contribution is -0.137. The molecule has 0 fully saturated rings. The van der Waals surface area contributed by atoms with E-state index in [0.717, 1.165) is 12.8 Å². The minimum absolute atomic E-state index is 0.00390. The molecule has 7 nitrogen and oxygen atoms in total. The molecular weight excluding hydrogens is 276 g/mol. The van der Waals surface area contributed by atoms with Crippen LogP contribution in [0.1, 0.15) is 52.4 Å². The number of aliphatic carboxylic acids is 1. The van der Waals surface area contributed by atoms with Gasteiger partial charge in [0.05, 0.1) is 13.1 Å². The van der Waals surface area contributed by atoms with Crippen molar-refractivity contribution in [2.45, 2.75) is 52.4 Å². The standard InChI is InChI=1S/C14H24N2O5/c1-11(17)9-16(10-12(2)18)15-13(19)7-5-3-4-6-8-14(20)21/h3-10H2,1-2H3,(H,15,19)(H,20,21).